The van der Waals surface area contributed by atoms with E-state index in [-0.39, 0.29) is 30.1 Å². The number of piperidine rings is 1. The Morgan fingerprint density at radius 3 is 2.47 bits per heavy atom. The monoisotopic (exact) mass is 472 g/mol. The molecular weight excluding hydrogens is 448 g/mol. The van der Waals surface area contributed by atoms with Crippen LogP contribution in [0.5, 0.6) is 0 Å². The topological polar surface area (TPSA) is 68.1 Å². The lowest BCUT2D eigenvalue weighted by molar-refractivity contribution is -0.138. The summed E-state index contributed by atoms with van der Waals surface area (Å²) < 4.78 is 2.07. The van der Waals surface area contributed by atoms with Crippen molar-refractivity contribution in [1.82, 2.24) is 19.7 Å². The molecule has 2 fully saturated rings. The number of allylic oxidation sites excluding steroid dienone is 1. The van der Waals surface area contributed by atoms with Crippen molar-refractivity contribution in [2.75, 3.05) is 13.1 Å². The van der Waals surface area contributed by atoms with Gasteiger partial charge >= 0.3 is 0 Å². The molecule has 2 unspecified atom stereocenters. The molecule has 1 aromatic heterocycles. The number of fused-ring (bicyclic) bond motifs is 5. The Hall–Kier alpha value is -3.25. The summed E-state index contributed by atoms with van der Waals surface area (Å²) in [6.45, 7) is 3.02. The third-order valence-corrected chi connectivity index (χ3v) is 7.69. The van der Waals surface area contributed by atoms with Gasteiger partial charge in [0, 0.05) is 47.9 Å². The maximum absolute atomic E-state index is 13.5. The van der Waals surface area contributed by atoms with E-state index in [1.807, 2.05) is 48.2 Å². The van der Waals surface area contributed by atoms with Crippen molar-refractivity contribution >= 4 is 28.9 Å². The highest BCUT2D eigenvalue weighted by Crippen LogP contribution is 2.39. The molecule has 1 saturated heterocycles. The second-order valence-corrected chi connectivity index (χ2v) is 9.96. The number of carbonyl (C=O) groups is 2. The number of carbonyl (C=O) groups excluding carboxylic acids is 2. The van der Waals surface area contributed by atoms with Crippen LogP contribution in [0.1, 0.15) is 48.0 Å². The Morgan fingerprint density at radius 1 is 1.03 bits per heavy atom. The molecule has 1 saturated carbocycles. The summed E-state index contributed by atoms with van der Waals surface area (Å²) in [5.41, 5.74) is 4.14. The lowest BCUT2D eigenvalue weighted by Crippen LogP contribution is -2.45. The number of ketones is 1. The number of para-hydroxylation sites is 1. The Kier molecular flexibility index (Phi) is 5.14. The molecule has 1 aliphatic carbocycles. The summed E-state index contributed by atoms with van der Waals surface area (Å²) in [7, 11) is 0. The van der Waals surface area contributed by atoms with Crippen LogP contribution in [0.3, 0.4) is 0 Å². The van der Waals surface area contributed by atoms with E-state index >= 15 is 0 Å². The number of amides is 1. The van der Waals surface area contributed by atoms with Gasteiger partial charge in [0.25, 0.3) is 0 Å². The fourth-order valence-electron chi connectivity index (χ4n) is 5.72. The molecule has 0 N–H and O–H groups in total. The number of likely N-dealkylation sites (tertiary alicyclic amines) is 1. The van der Waals surface area contributed by atoms with E-state index in [1.54, 1.807) is 0 Å². The van der Waals surface area contributed by atoms with Crippen molar-refractivity contribution in [1.29, 1.82) is 0 Å². The third kappa shape index (κ3) is 3.48. The number of benzene rings is 2. The van der Waals surface area contributed by atoms with Crippen LogP contribution in [0.2, 0.25) is 5.02 Å². The number of aryl methyl sites for hydroxylation is 1. The third-order valence-electron chi connectivity index (χ3n) is 7.44. The van der Waals surface area contributed by atoms with Gasteiger partial charge in [0.2, 0.25) is 5.91 Å². The highest BCUT2D eigenvalue weighted by molar-refractivity contribution is 6.30. The summed E-state index contributed by atoms with van der Waals surface area (Å²) in [5, 5.41) is 9.55. The molecule has 6 rings (SSSR count). The van der Waals surface area contributed by atoms with Crippen LogP contribution in [-0.4, -0.2) is 44.4 Å². The van der Waals surface area contributed by atoms with Gasteiger partial charge in [-0.3, -0.25) is 14.2 Å². The Bertz CT molecular complexity index is 1310. The average molecular weight is 473 g/mol. The maximum Gasteiger partial charge on any atom is 0.223 e. The van der Waals surface area contributed by atoms with Gasteiger partial charge in [0.1, 0.15) is 17.4 Å². The first-order chi connectivity index (χ1) is 16.5. The number of rotatable bonds is 3. The first-order valence-electron chi connectivity index (χ1n) is 11.8. The van der Waals surface area contributed by atoms with Crippen molar-refractivity contribution in [3.8, 4) is 5.69 Å². The number of Topliss-reactive ketones (excluding diaryl/α,β-unsaturated/α-hetero) is 1. The number of hydrogen-bond acceptors (Lipinski definition) is 4. The molecule has 1 amide bonds. The minimum Gasteiger partial charge on any atom is -0.341 e. The lowest BCUT2D eigenvalue weighted by Gasteiger charge is -2.31. The van der Waals surface area contributed by atoms with Gasteiger partial charge in [-0.25, -0.2) is 0 Å². The summed E-state index contributed by atoms with van der Waals surface area (Å²) in [5.74, 6) is 1.72. The van der Waals surface area contributed by atoms with E-state index in [1.165, 1.54) is 0 Å². The number of aromatic nitrogens is 3. The minimum atomic E-state index is -0.248. The van der Waals surface area contributed by atoms with Crippen molar-refractivity contribution in [2.24, 2.45) is 11.8 Å². The van der Waals surface area contributed by atoms with E-state index in [2.05, 4.69) is 33.0 Å². The second-order valence-electron chi connectivity index (χ2n) is 9.53. The van der Waals surface area contributed by atoms with E-state index in [9.17, 15) is 9.59 Å². The highest BCUT2D eigenvalue weighted by Gasteiger charge is 2.42. The van der Waals surface area contributed by atoms with Crippen LogP contribution in [0.25, 0.3) is 11.3 Å². The Balaban J connectivity index is 1.42. The van der Waals surface area contributed by atoms with Gasteiger partial charge in [-0.2, -0.15) is 0 Å². The predicted octanol–water partition coefficient (Wildman–Crippen LogP) is 4.59. The molecular formula is C27H25ClN4O2. The molecule has 3 aromatic rings. The van der Waals surface area contributed by atoms with Crippen LogP contribution in [0.15, 0.2) is 54.6 Å². The van der Waals surface area contributed by atoms with Gasteiger partial charge < -0.3 is 4.90 Å². The van der Waals surface area contributed by atoms with Crippen molar-refractivity contribution in [3.63, 3.8) is 0 Å². The Labute approximate surface area is 203 Å². The smallest absolute Gasteiger partial charge is 0.223 e. The van der Waals surface area contributed by atoms with Gasteiger partial charge in [0.05, 0.1) is 5.69 Å². The number of halogens is 1. The molecule has 6 nitrogen and oxygen atoms in total. The molecule has 3 atom stereocenters. The van der Waals surface area contributed by atoms with Gasteiger partial charge in [0.15, 0.2) is 0 Å². The van der Waals surface area contributed by atoms with E-state index in [4.69, 9.17) is 11.6 Å². The van der Waals surface area contributed by atoms with Gasteiger partial charge in [-0.05, 0) is 49.1 Å². The van der Waals surface area contributed by atoms with Crippen molar-refractivity contribution in [2.45, 2.75) is 32.1 Å². The zero-order chi connectivity index (χ0) is 23.4. The fourth-order valence-corrected chi connectivity index (χ4v) is 5.85. The van der Waals surface area contributed by atoms with Crippen molar-refractivity contribution < 1.29 is 9.59 Å². The first-order valence-corrected chi connectivity index (χ1v) is 12.2. The van der Waals surface area contributed by atoms with Crippen LogP contribution in [0.4, 0.5) is 0 Å². The normalized spacial score (nSPS) is 23.2. The highest BCUT2D eigenvalue weighted by atomic mass is 35.5. The molecule has 34 heavy (non-hydrogen) atoms. The van der Waals surface area contributed by atoms with Crippen LogP contribution in [-0.2, 0) is 9.59 Å². The van der Waals surface area contributed by atoms with Crippen LogP contribution < -0.4 is 0 Å². The van der Waals surface area contributed by atoms with E-state index in [0.717, 1.165) is 46.9 Å². The fraction of sp³-hybridized carbons (Fsp3) is 0.333. The molecule has 7 heteroatoms. The molecule has 0 radical (unpaired) electrons. The molecule has 2 bridgehead atoms. The van der Waals surface area contributed by atoms with Crippen LogP contribution >= 0.6 is 11.6 Å². The molecule has 172 valence electrons. The predicted molar refractivity (Wildman–Crippen MR) is 130 cm³/mol. The second kappa shape index (κ2) is 8.20. The molecule has 0 spiro atoms. The minimum absolute atomic E-state index is 0.00663. The quantitative estimate of drug-likeness (QED) is 0.559. The van der Waals surface area contributed by atoms with Crippen molar-refractivity contribution in [3.05, 3.63) is 82.4 Å². The summed E-state index contributed by atoms with van der Waals surface area (Å²) >= 11 is 6.17. The summed E-state index contributed by atoms with van der Waals surface area (Å²) in [4.78, 5) is 27.7. The van der Waals surface area contributed by atoms with Crippen LogP contribution in [0, 0.1) is 18.8 Å². The number of hydrogen-bond donors (Lipinski definition) is 0. The maximum atomic E-state index is 13.5. The van der Waals surface area contributed by atoms with Gasteiger partial charge in [-0.15, -0.1) is 10.2 Å². The molecule has 3 heterocycles. The summed E-state index contributed by atoms with van der Waals surface area (Å²) in [6, 6.07) is 16.0. The molecule has 2 aromatic carbocycles. The zero-order valence-corrected chi connectivity index (χ0v) is 19.7. The Morgan fingerprint density at radius 2 is 1.74 bits per heavy atom. The lowest BCUT2D eigenvalue weighted by atomic mass is 9.92. The SMILES string of the molecule is Cc1nnc2n1-c1ccccc1C(c1ccc(Cl)cc1)=C[C@H]2CC(=O)N1CC2CCC(C1)C2=O. The first kappa shape index (κ1) is 21.3. The largest absolute Gasteiger partial charge is 0.341 e. The molecule has 3 aliphatic rings. The molecule has 2 aliphatic heterocycles. The van der Waals surface area contributed by atoms with Gasteiger partial charge in [-0.1, -0.05) is 48.0 Å². The standard InChI is InChI=1S/C27H25ClN4O2/c1-16-29-30-27-20(13-25(33)31-14-18-6-7-19(15-31)26(18)34)12-23(17-8-10-21(28)11-9-17)22-4-2-3-5-24(22)32(16)27/h2-5,8-12,18-20H,6-7,13-15H2,1H3/t18?,19?,20-/m0/s1. The van der Waals surface area contributed by atoms with E-state index < -0.39 is 0 Å². The average Bonchev–Trinajstić information content (AvgIpc) is 3.24. The van der Waals surface area contributed by atoms with E-state index in [0.29, 0.717) is 23.9 Å². The number of nitrogens with zero attached hydrogens (tertiary/aromatic N) is 4. The zero-order valence-electron chi connectivity index (χ0n) is 18.9. The summed E-state index contributed by atoms with van der Waals surface area (Å²) in [6.07, 6.45) is 4.24.